The second kappa shape index (κ2) is 5.67. The minimum atomic E-state index is -1.29. The van der Waals surface area contributed by atoms with Crippen molar-refractivity contribution in [2.24, 2.45) is 0 Å². The van der Waals surface area contributed by atoms with Crippen molar-refractivity contribution in [3.8, 4) is 0 Å². The Morgan fingerprint density at radius 3 is 1.91 bits per heavy atom. The van der Waals surface area contributed by atoms with Crippen molar-refractivity contribution >= 4 is 0 Å². The molecule has 1 aromatic heterocycles. The lowest BCUT2D eigenvalue weighted by atomic mass is 9.82. The summed E-state index contributed by atoms with van der Waals surface area (Å²) >= 11 is 0. The summed E-state index contributed by atoms with van der Waals surface area (Å²) in [6.45, 7) is 6.54. The summed E-state index contributed by atoms with van der Waals surface area (Å²) < 4.78 is 0. The lowest BCUT2D eigenvalue weighted by Crippen LogP contribution is -2.30. The average molecular weight is 306 g/mol. The fourth-order valence-corrected chi connectivity index (χ4v) is 2.79. The van der Waals surface area contributed by atoms with Crippen LogP contribution in [0.25, 0.3) is 0 Å². The first-order valence-corrected chi connectivity index (χ1v) is 7.81. The second-order valence-corrected chi connectivity index (χ2v) is 6.84. The van der Waals surface area contributed by atoms with E-state index >= 15 is 0 Å². The molecule has 2 aromatic carbocycles. The molecule has 23 heavy (non-hydrogen) atoms. The van der Waals surface area contributed by atoms with E-state index in [1.807, 2.05) is 42.5 Å². The van der Waals surface area contributed by atoms with Gasteiger partial charge in [-0.05, 0) is 22.1 Å². The summed E-state index contributed by atoms with van der Waals surface area (Å²) in [6, 6.07) is 17.7. The Hall–Kier alpha value is -2.39. The van der Waals surface area contributed by atoms with Crippen LogP contribution in [0.3, 0.4) is 0 Å². The van der Waals surface area contributed by atoms with Gasteiger partial charge in [-0.2, -0.15) is 0 Å². The summed E-state index contributed by atoms with van der Waals surface area (Å²) in [4.78, 5) is 7.37. The smallest absolute Gasteiger partial charge is 0.172 e. The van der Waals surface area contributed by atoms with Crippen molar-refractivity contribution in [2.45, 2.75) is 31.8 Å². The van der Waals surface area contributed by atoms with Crippen LogP contribution in [-0.2, 0) is 11.0 Å². The predicted molar refractivity (Wildman–Crippen MR) is 92.3 cm³/mol. The molecule has 1 unspecified atom stereocenters. The number of H-pyrrole nitrogens is 1. The third kappa shape index (κ3) is 2.80. The monoisotopic (exact) mass is 306 g/mol. The second-order valence-electron chi connectivity index (χ2n) is 6.84. The highest BCUT2D eigenvalue weighted by Gasteiger charge is 2.36. The van der Waals surface area contributed by atoms with Gasteiger partial charge in [0.15, 0.2) is 5.60 Å². The van der Waals surface area contributed by atoms with Crippen LogP contribution in [0.4, 0.5) is 0 Å². The van der Waals surface area contributed by atoms with Crippen molar-refractivity contribution in [1.29, 1.82) is 0 Å². The van der Waals surface area contributed by atoms with Crippen molar-refractivity contribution in [2.75, 3.05) is 0 Å². The van der Waals surface area contributed by atoms with E-state index in [1.54, 1.807) is 12.4 Å². The predicted octanol–water partition coefficient (Wildman–Crippen LogP) is 3.99. The largest absolute Gasteiger partial charge is 0.373 e. The van der Waals surface area contributed by atoms with Crippen molar-refractivity contribution in [3.63, 3.8) is 0 Å². The molecule has 0 bridgehead atoms. The number of aliphatic hydroxyl groups is 1. The number of rotatable bonds is 3. The third-order valence-corrected chi connectivity index (χ3v) is 4.20. The molecular formula is C20H22N2O. The van der Waals surface area contributed by atoms with E-state index in [9.17, 15) is 5.11 Å². The molecule has 0 spiro atoms. The number of hydrogen-bond acceptors (Lipinski definition) is 2. The van der Waals surface area contributed by atoms with Gasteiger partial charge in [0.2, 0.25) is 0 Å². The van der Waals surface area contributed by atoms with Gasteiger partial charge in [-0.3, -0.25) is 0 Å². The van der Waals surface area contributed by atoms with Crippen LogP contribution in [0.5, 0.6) is 0 Å². The molecule has 118 valence electrons. The fraction of sp³-hybridized carbons (Fsp3) is 0.250. The van der Waals surface area contributed by atoms with E-state index < -0.39 is 5.60 Å². The Bertz CT molecular complexity index is 756. The van der Waals surface area contributed by atoms with Gasteiger partial charge in [-0.15, -0.1) is 0 Å². The minimum absolute atomic E-state index is 0.0775. The molecule has 0 saturated heterocycles. The Labute approximate surface area is 137 Å². The molecule has 0 aliphatic carbocycles. The van der Waals surface area contributed by atoms with Crippen LogP contribution in [0.15, 0.2) is 67.0 Å². The molecular weight excluding hydrogens is 284 g/mol. The zero-order valence-electron chi connectivity index (χ0n) is 13.7. The normalized spacial score (nSPS) is 14.4. The number of benzene rings is 2. The number of nitrogens with one attached hydrogen (secondary N) is 1. The Morgan fingerprint density at radius 1 is 0.826 bits per heavy atom. The van der Waals surface area contributed by atoms with Gasteiger partial charge in [0.1, 0.15) is 5.82 Å². The van der Waals surface area contributed by atoms with E-state index in [4.69, 9.17) is 0 Å². The Kier molecular flexibility index (Phi) is 3.82. The molecule has 2 N–H and O–H groups in total. The SMILES string of the molecule is CC(C)(C)c1ccc(C(O)(c2ccccc2)c2ncc[nH]2)cc1. The molecule has 3 nitrogen and oxygen atoms in total. The van der Waals surface area contributed by atoms with Crippen LogP contribution < -0.4 is 0 Å². The highest BCUT2D eigenvalue weighted by molar-refractivity contribution is 5.43. The van der Waals surface area contributed by atoms with Crippen LogP contribution in [0.2, 0.25) is 0 Å². The van der Waals surface area contributed by atoms with Gasteiger partial charge in [-0.25, -0.2) is 4.98 Å². The molecule has 0 saturated carbocycles. The van der Waals surface area contributed by atoms with Crippen molar-refractivity contribution in [3.05, 3.63) is 89.5 Å². The van der Waals surface area contributed by atoms with Gasteiger partial charge in [0.25, 0.3) is 0 Å². The fourth-order valence-electron chi connectivity index (χ4n) is 2.79. The number of hydrogen-bond donors (Lipinski definition) is 2. The number of nitrogens with zero attached hydrogens (tertiary/aromatic N) is 1. The Morgan fingerprint density at radius 2 is 1.39 bits per heavy atom. The molecule has 3 heteroatoms. The third-order valence-electron chi connectivity index (χ3n) is 4.20. The highest BCUT2D eigenvalue weighted by atomic mass is 16.3. The maximum Gasteiger partial charge on any atom is 0.172 e. The summed E-state index contributed by atoms with van der Waals surface area (Å²) in [5, 5.41) is 11.5. The number of imidazole rings is 1. The first-order valence-electron chi connectivity index (χ1n) is 7.81. The molecule has 1 atom stereocenters. The molecule has 0 amide bonds. The van der Waals surface area contributed by atoms with E-state index in [0.29, 0.717) is 5.82 Å². The first kappa shape index (κ1) is 15.5. The lowest BCUT2D eigenvalue weighted by molar-refractivity contribution is 0.116. The molecule has 0 aliphatic heterocycles. The maximum absolute atomic E-state index is 11.5. The molecule has 3 rings (SSSR count). The topological polar surface area (TPSA) is 48.9 Å². The molecule has 3 aromatic rings. The van der Waals surface area contributed by atoms with Crippen LogP contribution in [0, 0.1) is 0 Å². The maximum atomic E-state index is 11.5. The van der Waals surface area contributed by atoms with Gasteiger partial charge in [0.05, 0.1) is 0 Å². The van der Waals surface area contributed by atoms with Gasteiger partial charge < -0.3 is 10.1 Å². The minimum Gasteiger partial charge on any atom is -0.373 e. The van der Waals surface area contributed by atoms with Crippen LogP contribution in [-0.4, -0.2) is 15.1 Å². The van der Waals surface area contributed by atoms with Gasteiger partial charge in [0, 0.05) is 12.4 Å². The Balaban J connectivity index is 2.14. The van der Waals surface area contributed by atoms with E-state index in [-0.39, 0.29) is 5.41 Å². The van der Waals surface area contributed by atoms with E-state index in [0.717, 1.165) is 11.1 Å². The summed E-state index contributed by atoms with van der Waals surface area (Å²) in [5.41, 5.74) is 1.61. The molecule has 0 aliphatic rings. The zero-order chi connectivity index (χ0) is 16.5. The van der Waals surface area contributed by atoms with E-state index in [2.05, 4.69) is 42.9 Å². The summed E-state index contributed by atoms with van der Waals surface area (Å²) in [5.74, 6) is 0.521. The molecule has 1 heterocycles. The highest BCUT2D eigenvalue weighted by Crippen LogP contribution is 2.35. The van der Waals surface area contributed by atoms with Crippen LogP contribution >= 0.6 is 0 Å². The first-order chi connectivity index (χ1) is 10.9. The van der Waals surface area contributed by atoms with Gasteiger partial charge >= 0.3 is 0 Å². The summed E-state index contributed by atoms with van der Waals surface area (Å²) in [6.07, 6.45) is 3.39. The number of aromatic amines is 1. The zero-order valence-corrected chi connectivity index (χ0v) is 13.7. The average Bonchev–Trinajstić information content (AvgIpc) is 3.09. The van der Waals surface area contributed by atoms with Crippen molar-refractivity contribution < 1.29 is 5.11 Å². The van der Waals surface area contributed by atoms with Gasteiger partial charge in [-0.1, -0.05) is 75.4 Å². The quantitative estimate of drug-likeness (QED) is 0.768. The molecule has 0 radical (unpaired) electrons. The molecule has 0 fully saturated rings. The summed E-state index contributed by atoms with van der Waals surface area (Å²) in [7, 11) is 0. The number of aromatic nitrogens is 2. The van der Waals surface area contributed by atoms with E-state index in [1.165, 1.54) is 5.56 Å². The standard InChI is InChI=1S/C20H22N2O/c1-19(2,3)15-9-11-17(12-10-15)20(23,18-21-13-14-22-18)16-7-5-4-6-8-16/h4-14,23H,1-3H3,(H,21,22). The van der Waals surface area contributed by atoms with Crippen LogP contribution in [0.1, 0.15) is 43.3 Å². The lowest BCUT2D eigenvalue weighted by Gasteiger charge is -2.28. The van der Waals surface area contributed by atoms with Crippen molar-refractivity contribution in [1.82, 2.24) is 9.97 Å².